The van der Waals surface area contributed by atoms with E-state index in [9.17, 15) is 23.9 Å². The number of carboxylic acid groups (broad SMARTS) is 1. The highest BCUT2D eigenvalue weighted by atomic mass is 19.1. The third kappa shape index (κ3) is 6.93. The number of aliphatic carboxylic acids is 1. The second-order valence-corrected chi connectivity index (χ2v) is 7.31. The Labute approximate surface area is 172 Å². The molecule has 0 bridgehead atoms. The van der Waals surface area contributed by atoms with Gasteiger partial charge in [-0.1, -0.05) is 5.11 Å². The first-order valence-corrected chi connectivity index (χ1v) is 9.60. The number of carboxylic acids is 1. The lowest BCUT2D eigenvalue weighted by Gasteiger charge is -2.29. The molecule has 0 unspecified atom stereocenters. The summed E-state index contributed by atoms with van der Waals surface area (Å²) in [6.07, 6.45) is 2.20. The Morgan fingerprint density at radius 3 is 2.57 bits per heavy atom. The maximum Gasteiger partial charge on any atom is 0.305 e. The smallest absolute Gasteiger partial charge is 0.305 e. The maximum absolute atomic E-state index is 13.0. The fourth-order valence-electron chi connectivity index (χ4n) is 3.48. The average molecular weight is 421 g/mol. The van der Waals surface area contributed by atoms with E-state index in [1.807, 2.05) is 0 Å². The molecule has 0 saturated heterocycles. The predicted molar refractivity (Wildman–Crippen MR) is 104 cm³/mol. The number of halogens is 1. The number of hydrogen-bond donors (Lipinski definition) is 4. The molecule has 11 heteroatoms. The Morgan fingerprint density at radius 1 is 1.27 bits per heavy atom. The van der Waals surface area contributed by atoms with E-state index < -0.39 is 29.5 Å². The van der Waals surface area contributed by atoms with Gasteiger partial charge in [-0.2, -0.15) is 0 Å². The lowest BCUT2D eigenvalue weighted by atomic mass is 9.81. The highest BCUT2D eigenvalue weighted by Gasteiger charge is 2.28. The van der Waals surface area contributed by atoms with Crippen LogP contribution in [0, 0.1) is 17.7 Å². The molecule has 1 saturated carbocycles. The van der Waals surface area contributed by atoms with Crippen molar-refractivity contribution in [3.63, 3.8) is 0 Å². The first-order chi connectivity index (χ1) is 14.3. The van der Waals surface area contributed by atoms with Crippen molar-refractivity contribution in [1.29, 1.82) is 0 Å². The van der Waals surface area contributed by atoms with Crippen molar-refractivity contribution in [2.45, 2.75) is 38.1 Å². The lowest BCUT2D eigenvalue weighted by Crippen LogP contribution is -2.43. The van der Waals surface area contributed by atoms with Gasteiger partial charge in [0.25, 0.3) is 5.91 Å². The van der Waals surface area contributed by atoms with E-state index in [4.69, 9.17) is 10.6 Å². The molecule has 30 heavy (non-hydrogen) atoms. The summed E-state index contributed by atoms with van der Waals surface area (Å²) in [4.78, 5) is 38.0. The van der Waals surface area contributed by atoms with Crippen molar-refractivity contribution in [2.75, 3.05) is 13.1 Å². The number of phenols is 1. The van der Waals surface area contributed by atoms with Gasteiger partial charge in [-0.15, -0.1) is 0 Å². The van der Waals surface area contributed by atoms with Gasteiger partial charge in [-0.25, -0.2) is 4.39 Å². The van der Waals surface area contributed by atoms with Crippen LogP contribution in [0.4, 0.5) is 4.39 Å². The summed E-state index contributed by atoms with van der Waals surface area (Å²) in [6, 6.07) is 2.42. The molecule has 1 aromatic carbocycles. The van der Waals surface area contributed by atoms with Crippen LogP contribution >= 0.6 is 0 Å². The van der Waals surface area contributed by atoms with Crippen molar-refractivity contribution >= 4 is 17.8 Å². The number of aromatic hydroxyl groups is 1. The Hall–Kier alpha value is -3.33. The Kier molecular flexibility index (Phi) is 8.42. The summed E-state index contributed by atoms with van der Waals surface area (Å²) >= 11 is 0. The minimum atomic E-state index is -1.10. The maximum atomic E-state index is 13.0. The molecule has 1 atom stereocenters. The molecule has 2 amide bonds. The van der Waals surface area contributed by atoms with Gasteiger partial charge in [0.1, 0.15) is 11.6 Å². The van der Waals surface area contributed by atoms with E-state index in [2.05, 4.69) is 20.7 Å². The summed E-state index contributed by atoms with van der Waals surface area (Å²) in [7, 11) is 0. The summed E-state index contributed by atoms with van der Waals surface area (Å²) in [5.41, 5.74) is 8.38. The molecule has 2 rings (SSSR count). The molecule has 0 radical (unpaired) electrons. The first-order valence-electron chi connectivity index (χ1n) is 9.60. The van der Waals surface area contributed by atoms with E-state index in [0.29, 0.717) is 32.2 Å². The molecule has 0 spiro atoms. The van der Waals surface area contributed by atoms with E-state index in [0.717, 1.165) is 12.1 Å². The standard InChI is InChI=1S/C19H24FN5O5/c20-13-5-6-15(16(26)7-13)19(30)22-9-11-1-3-12(4-2-11)18(29)24-14(8-17(27)28)10-23-25-21/h5-7,11-12,14,26H,1-4,8-10H2,(H,22,30)(H,24,29)(H,27,28)/t11?,12?,14-/m0/s1. The van der Waals surface area contributed by atoms with Crippen LogP contribution in [0.25, 0.3) is 10.4 Å². The molecular weight excluding hydrogens is 397 g/mol. The average Bonchev–Trinajstić information content (AvgIpc) is 2.70. The zero-order chi connectivity index (χ0) is 22.1. The number of nitrogens with one attached hydrogen (secondary N) is 2. The van der Waals surface area contributed by atoms with Gasteiger partial charge < -0.3 is 20.8 Å². The monoisotopic (exact) mass is 421 g/mol. The number of carbonyl (C=O) groups excluding carboxylic acids is 2. The molecule has 1 aliphatic carbocycles. The lowest BCUT2D eigenvalue weighted by molar-refractivity contribution is -0.137. The van der Waals surface area contributed by atoms with E-state index >= 15 is 0 Å². The Balaban J connectivity index is 1.79. The van der Waals surface area contributed by atoms with Crippen LogP contribution < -0.4 is 10.6 Å². The van der Waals surface area contributed by atoms with Crippen LogP contribution in [0.2, 0.25) is 0 Å². The third-order valence-corrected chi connectivity index (χ3v) is 5.11. The number of nitrogens with zero attached hydrogens (tertiary/aromatic N) is 3. The van der Waals surface area contributed by atoms with Gasteiger partial charge in [0.05, 0.1) is 12.0 Å². The fraction of sp³-hybridized carbons (Fsp3) is 0.526. The first kappa shape index (κ1) is 23.0. The van der Waals surface area contributed by atoms with Gasteiger partial charge >= 0.3 is 5.97 Å². The van der Waals surface area contributed by atoms with Gasteiger partial charge in [0, 0.05) is 36.0 Å². The molecule has 162 valence electrons. The SMILES string of the molecule is [N-]=[N+]=NC[C@H](CC(=O)O)NC(=O)C1CCC(CNC(=O)c2ccc(F)cc2O)CC1. The summed E-state index contributed by atoms with van der Waals surface area (Å²) < 4.78 is 13.0. The van der Waals surface area contributed by atoms with Crippen molar-refractivity contribution in [1.82, 2.24) is 10.6 Å². The second kappa shape index (κ2) is 11.0. The molecule has 1 aromatic rings. The van der Waals surface area contributed by atoms with Crippen LogP contribution in [0.15, 0.2) is 23.3 Å². The van der Waals surface area contributed by atoms with Crippen LogP contribution in [0.1, 0.15) is 42.5 Å². The Bertz CT molecular complexity index is 831. The largest absolute Gasteiger partial charge is 0.507 e. The molecule has 0 aromatic heterocycles. The highest BCUT2D eigenvalue weighted by molar-refractivity contribution is 5.96. The van der Waals surface area contributed by atoms with E-state index in [-0.39, 0.29) is 36.3 Å². The zero-order valence-electron chi connectivity index (χ0n) is 16.3. The number of amides is 2. The van der Waals surface area contributed by atoms with Crippen LogP contribution in [-0.4, -0.2) is 47.1 Å². The third-order valence-electron chi connectivity index (χ3n) is 5.11. The fourth-order valence-corrected chi connectivity index (χ4v) is 3.48. The van der Waals surface area contributed by atoms with Crippen molar-refractivity contribution in [3.8, 4) is 5.75 Å². The van der Waals surface area contributed by atoms with Gasteiger partial charge in [0.2, 0.25) is 5.91 Å². The predicted octanol–water partition coefficient (Wildman–Crippen LogP) is 2.34. The minimum Gasteiger partial charge on any atom is -0.507 e. The second-order valence-electron chi connectivity index (χ2n) is 7.31. The number of hydrogen-bond acceptors (Lipinski definition) is 5. The normalized spacial score (nSPS) is 19.2. The summed E-state index contributed by atoms with van der Waals surface area (Å²) in [6.45, 7) is 0.231. The van der Waals surface area contributed by atoms with Crippen LogP contribution in [-0.2, 0) is 9.59 Å². The van der Waals surface area contributed by atoms with Crippen LogP contribution in [0.3, 0.4) is 0 Å². The van der Waals surface area contributed by atoms with Gasteiger partial charge in [0.15, 0.2) is 0 Å². The minimum absolute atomic E-state index is 0.00559. The number of azide groups is 1. The summed E-state index contributed by atoms with van der Waals surface area (Å²) in [5, 5.41) is 27.3. The van der Waals surface area contributed by atoms with Crippen LogP contribution in [0.5, 0.6) is 5.75 Å². The molecule has 1 aliphatic rings. The van der Waals surface area contributed by atoms with E-state index in [1.54, 1.807) is 0 Å². The topological polar surface area (TPSA) is 164 Å². The zero-order valence-corrected chi connectivity index (χ0v) is 16.3. The highest BCUT2D eigenvalue weighted by Crippen LogP contribution is 2.29. The molecule has 1 fully saturated rings. The Morgan fingerprint density at radius 2 is 1.97 bits per heavy atom. The molecule has 0 heterocycles. The van der Waals surface area contributed by atoms with Crippen molar-refractivity contribution < 1.29 is 29.0 Å². The number of benzene rings is 1. The van der Waals surface area contributed by atoms with Gasteiger partial charge in [-0.05, 0) is 49.3 Å². The van der Waals surface area contributed by atoms with Crippen molar-refractivity contribution in [3.05, 3.63) is 40.0 Å². The quantitative estimate of drug-likeness (QED) is 0.272. The number of carbonyl (C=O) groups is 3. The number of phenolic OH excluding ortho intramolecular Hbond substituents is 1. The summed E-state index contributed by atoms with van der Waals surface area (Å²) in [5.74, 6) is -3.05. The van der Waals surface area contributed by atoms with Crippen molar-refractivity contribution in [2.24, 2.45) is 17.0 Å². The molecule has 10 nitrogen and oxygen atoms in total. The molecule has 4 N–H and O–H groups in total. The van der Waals surface area contributed by atoms with E-state index in [1.165, 1.54) is 6.07 Å². The van der Waals surface area contributed by atoms with Gasteiger partial charge in [-0.3, -0.25) is 14.4 Å². The number of rotatable bonds is 9. The molecule has 0 aliphatic heterocycles. The molecular formula is C19H24FN5O5.